The molecule has 1 aromatic carbocycles. The van der Waals surface area contributed by atoms with Crippen molar-refractivity contribution in [2.75, 3.05) is 13.1 Å². The summed E-state index contributed by atoms with van der Waals surface area (Å²) in [6, 6.07) is 2.44. The van der Waals surface area contributed by atoms with Crippen molar-refractivity contribution in [3.63, 3.8) is 0 Å². The Morgan fingerprint density at radius 2 is 1.75 bits per heavy atom. The molecule has 1 aliphatic heterocycles. The lowest BCUT2D eigenvalue weighted by Gasteiger charge is -2.32. The molecule has 0 radical (unpaired) electrons. The minimum Gasteiger partial charge on any atom is -0.480 e. The van der Waals surface area contributed by atoms with Crippen molar-refractivity contribution >= 4 is 29.6 Å². The number of aliphatic carboxylic acids is 1. The first-order valence-electron chi connectivity index (χ1n) is 8.82. The number of carboxylic acids is 1. The first-order chi connectivity index (χ1) is 13.1. The van der Waals surface area contributed by atoms with Crippen LogP contribution >= 0.6 is 0 Å². The predicted octanol–water partition coefficient (Wildman–Crippen LogP) is 0.417. The van der Waals surface area contributed by atoms with Crippen LogP contribution in [-0.2, 0) is 14.4 Å². The summed E-state index contributed by atoms with van der Waals surface area (Å²) < 4.78 is 0. The van der Waals surface area contributed by atoms with Gasteiger partial charge in [-0.15, -0.1) is 0 Å². The van der Waals surface area contributed by atoms with Crippen LogP contribution in [0, 0.1) is 6.92 Å². The fourth-order valence-electron chi connectivity index (χ4n) is 3.06. The number of fused-ring (bicyclic) bond motifs is 1. The number of carbonyl (C=O) groups is 5. The number of amides is 4. The highest BCUT2D eigenvalue weighted by Gasteiger charge is 2.43. The topological polar surface area (TPSA) is 124 Å². The Hall–Kier alpha value is -3.23. The van der Waals surface area contributed by atoms with Gasteiger partial charge in [-0.1, -0.05) is 11.6 Å². The summed E-state index contributed by atoms with van der Waals surface area (Å²) in [6.07, 6.45) is 0. The van der Waals surface area contributed by atoms with E-state index in [1.54, 1.807) is 19.1 Å². The number of hydrogen-bond acceptors (Lipinski definition) is 5. The third-order valence-electron chi connectivity index (χ3n) is 4.65. The molecule has 9 heteroatoms. The number of carboxylic acid groups (broad SMARTS) is 1. The normalized spacial score (nSPS) is 15.1. The molecule has 0 aromatic heterocycles. The lowest BCUT2D eigenvalue weighted by atomic mass is 10.1. The minimum absolute atomic E-state index is 0.0483. The monoisotopic (exact) mass is 389 g/mol. The third-order valence-corrected chi connectivity index (χ3v) is 4.65. The highest BCUT2D eigenvalue weighted by Crippen LogP contribution is 2.26. The van der Waals surface area contributed by atoms with Crippen LogP contribution in [0.1, 0.15) is 47.1 Å². The molecule has 0 spiro atoms. The molecule has 4 amide bonds. The van der Waals surface area contributed by atoms with Crippen LogP contribution in [-0.4, -0.2) is 69.7 Å². The van der Waals surface area contributed by atoms with E-state index in [9.17, 15) is 29.1 Å². The van der Waals surface area contributed by atoms with Crippen LogP contribution in [0.3, 0.4) is 0 Å². The Morgan fingerprint density at radius 1 is 1.14 bits per heavy atom. The Labute approximate surface area is 162 Å². The van der Waals surface area contributed by atoms with E-state index in [1.807, 2.05) is 0 Å². The molecule has 1 aromatic rings. The molecule has 9 nitrogen and oxygen atoms in total. The summed E-state index contributed by atoms with van der Waals surface area (Å²) in [4.78, 5) is 62.7. The Balaban J connectivity index is 2.26. The van der Waals surface area contributed by atoms with Gasteiger partial charge in [0.15, 0.2) is 0 Å². The van der Waals surface area contributed by atoms with Gasteiger partial charge < -0.3 is 15.3 Å². The molecule has 2 unspecified atom stereocenters. The van der Waals surface area contributed by atoms with Crippen molar-refractivity contribution in [1.82, 2.24) is 15.1 Å². The molecule has 0 bridgehead atoms. The van der Waals surface area contributed by atoms with E-state index in [-0.39, 0.29) is 30.1 Å². The first-order valence-corrected chi connectivity index (χ1v) is 8.82. The number of nitrogens with one attached hydrogen (secondary N) is 1. The van der Waals surface area contributed by atoms with Gasteiger partial charge >= 0.3 is 5.97 Å². The number of rotatable bonds is 7. The van der Waals surface area contributed by atoms with Crippen molar-refractivity contribution in [3.05, 3.63) is 34.9 Å². The van der Waals surface area contributed by atoms with Crippen LogP contribution in [0.4, 0.5) is 0 Å². The average Bonchev–Trinajstić information content (AvgIpc) is 2.87. The van der Waals surface area contributed by atoms with Crippen molar-refractivity contribution in [2.24, 2.45) is 0 Å². The average molecular weight is 389 g/mol. The van der Waals surface area contributed by atoms with Gasteiger partial charge in [0.1, 0.15) is 12.1 Å². The summed E-state index contributed by atoms with van der Waals surface area (Å²) in [6.45, 7) is 5.78. The second-order valence-corrected chi connectivity index (χ2v) is 6.73. The predicted molar refractivity (Wildman–Crippen MR) is 98.6 cm³/mol. The second kappa shape index (κ2) is 8.20. The molecule has 0 aliphatic carbocycles. The van der Waals surface area contributed by atoms with E-state index in [2.05, 4.69) is 5.32 Å². The number of hydrogen-bond donors (Lipinski definition) is 2. The van der Waals surface area contributed by atoms with Gasteiger partial charge in [-0.25, -0.2) is 4.79 Å². The molecule has 1 heterocycles. The number of nitrogens with zero attached hydrogens (tertiary/aromatic N) is 2. The van der Waals surface area contributed by atoms with Gasteiger partial charge in [0, 0.05) is 20.0 Å². The van der Waals surface area contributed by atoms with E-state index < -0.39 is 35.8 Å². The van der Waals surface area contributed by atoms with E-state index in [0.717, 1.165) is 15.4 Å². The third kappa shape index (κ3) is 4.03. The van der Waals surface area contributed by atoms with Crippen molar-refractivity contribution in [1.29, 1.82) is 0 Å². The molecule has 28 heavy (non-hydrogen) atoms. The molecular formula is C19H23N3O6. The molecule has 0 saturated heterocycles. The molecule has 150 valence electrons. The quantitative estimate of drug-likeness (QED) is 0.651. The van der Waals surface area contributed by atoms with E-state index in [1.165, 1.54) is 26.8 Å². The molecule has 2 rings (SSSR count). The summed E-state index contributed by atoms with van der Waals surface area (Å²) in [5.41, 5.74) is 1.24. The first kappa shape index (κ1) is 21.1. The maximum Gasteiger partial charge on any atom is 0.326 e. The van der Waals surface area contributed by atoms with E-state index >= 15 is 0 Å². The summed E-state index contributed by atoms with van der Waals surface area (Å²) >= 11 is 0. The molecule has 2 atom stereocenters. The fourth-order valence-corrected chi connectivity index (χ4v) is 3.06. The van der Waals surface area contributed by atoms with E-state index in [4.69, 9.17) is 0 Å². The number of benzene rings is 1. The van der Waals surface area contributed by atoms with Crippen molar-refractivity contribution in [2.45, 2.75) is 39.8 Å². The van der Waals surface area contributed by atoms with Gasteiger partial charge in [0.25, 0.3) is 11.8 Å². The SMILES string of the molecule is CC(=O)NCCN(C(=O)C(C)N1C(=O)c2ccc(C)cc2C1=O)C(C)C(=O)O. The zero-order valence-corrected chi connectivity index (χ0v) is 16.2. The Kier molecular flexibility index (Phi) is 6.17. The Bertz CT molecular complexity index is 850. The standard InChI is InChI=1S/C19H23N3O6/c1-10-5-6-14-15(9-10)18(26)22(17(14)25)11(2)16(24)21(12(3)19(27)28)8-7-20-13(4)23/h5-6,9,11-12H,7-8H2,1-4H3,(H,20,23)(H,27,28). The van der Waals surface area contributed by atoms with Gasteiger partial charge in [-0.05, 0) is 32.9 Å². The van der Waals surface area contributed by atoms with Crippen molar-refractivity contribution in [3.8, 4) is 0 Å². The zero-order chi connectivity index (χ0) is 21.2. The van der Waals surface area contributed by atoms with Crippen LogP contribution in [0.25, 0.3) is 0 Å². The number of aryl methyl sites for hydroxylation is 1. The van der Waals surface area contributed by atoms with Crippen LogP contribution in [0.5, 0.6) is 0 Å². The largest absolute Gasteiger partial charge is 0.480 e. The summed E-state index contributed by atoms with van der Waals surface area (Å²) in [5.74, 6) is -3.42. The smallest absolute Gasteiger partial charge is 0.326 e. The van der Waals surface area contributed by atoms with Crippen molar-refractivity contribution < 1.29 is 29.1 Å². The van der Waals surface area contributed by atoms with Gasteiger partial charge in [-0.2, -0.15) is 0 Å². The van der Waals surface area contributed by atoms with Crippen LogP contribution in [0.2, 0.25) is 0 Å². The van der Waals surface area contributed by atoms with Crippen LogP contribution in [0.15, 0.2) is 18.2 Å². The lowest BCUT2D eigenvalue weighted by molar-refractivity contribution is -0.150. The number of carbonyl (C=O) groups excluding carboxylic acids is 4. The van der Waals surface area contributed by atoms with Gasteiger partial charge in [0.05, 0.1) is 11.1 Å². The maximum atomic E-state index is 13.0. The second-order valence-electron chi connectivity index (χ2n) is 6.73. The molecule has 2 N–H and O–H groups in total. The summed E-state index contributed by atoms with van der Waals surface area (Å²) in [5, 5.41) is 11.8. The Morgan fingerprint density at radius 3 is 2.32 bits per heavy atom. The zero-order valence-electron chi connectivity index (χ0n) is 16.2. The molecule has 1 aliphatic rings. The lowest BCUT2D eigenvalue weighted by Crippen LogP contribution is -2.55. The molecule has 0 saturated carbocycles. The fraction of sp³-hybridized carbons (Fsp3) is 0.421. The molecular weight excluding hydrogens is 366 g/mol. The highest BCUT2D eigenvalue weighted by molar-refractivity contribution is 6.23. The highest BCUT2D eigenvalue weighted by atomic mass is 16.4. The molecule has 0 fully saturated rings. The maximum absolute atomic E-state index is 13.0. The van der Waals surface area contributed by atoms with Gasteiger partial charge in [0.2, 0.25) is 11.8 Å². The minimum atomic E-state index is -1.23. The summed E-state index contributed by atoms with van der Waals surface area (Å²) in [7, 11) is 0. The van der Waals surface area contributed by atoms with E-state index in [0.29, 0.717) is 0 Å². The van der Waals surface area contributed by atoms with Gasteiger partial charge in [-0.3, -0.25) is 24.1 Å². The number of imide groups is 1. The van der Waals surface area contributed by atoms with Crippen LogP contribution < -0.4 is 5.32 Å².